The number of allylic oxidation sites excluding steroid dienone is 1. The van der Waals surface area contributed by atoms with Crippen molar-refractivity contribution in [2.24, 2.45) is 0 Å². The maximum Gasteiger partial charge on any atom is 0.290 e. The first-order chi connectivity index (χ1) is 9.26. The first kappa shape index (κ1) is 31.5. The fraction of sp³-hybridized carbons (Fsp3) is 0.812. The van der Waals surface area contributed by atoms with Gasteiger partial charge in [-0.3, -0.25) is 4.79 Å². The predicted molar refractivity (Wildman–Crippen MR) is 91.3 cm³/mol. The van der Waals surface area contributed by atoms with Crippen LogP contribution in [0.5, 0.6) is 0 Å². The number of carboxylic acid groups (broad SMARTS) is 1. The predicted octanol–water partition coefficient (Wildman–Crippen LogP) is 4.09. The van der Waals surface area contributed by atoms with Crippen LogP contribution in [0.2, 0.25) is 0 Å². The molecule has 0 aliphatic carbocycles. The quantitative estimate of drug-likeness (QED) is 0.541. The highest BCUT2D eigenvalue weighted by molar-refractivity contribution is 5.32. The molecule has 0 aromatic heterocycles. The second kappa shape index (κ2) is 42.9. The van der Waals surface area contributed by atoms with Gasteiger partial charge in [-0.2, -0.15) is 0 Å². The lowest BCUT2D eigenvalue weighted by atomic mass is 10.1. The van der Waals surface area contributed by atoms with Gasteiger partial charge in [-0.15, -0.1) is 6.58 Å². The standard InChI is InChI=1S/C7H15NO.C3H6.2C2H6.CH2O2.CH4/c9-6-2-4-7-3-1-5-8-7;1-3-2;2*1-2;2-1-3;/h7-9H,1-6H2;3H,1H2,2H3;2*1-2H3;1H,(H,2,3);1H4. The maximum absolute atomic E-state index is 8.50. The molecule has 20 heavy (non-hydrogen) atoms. The Labute approximate surface area is 127 Å². The van der Waals surface area contributed by atoms with Crippen LogP contribution in [-0.4, -0.2) is 35.9 Å². The number of hydrogen-bond donors (Lipinski definition) is 3. The summed E-state index contributed by atoms with van der Waals surface area (Å²) in [5.41, 5.74) is 0. The lowest BCUT2D eigenvalue weighted by molar-refractivity contribution is -0.122. The lowest BCUT2D eigenvalue weighted by Gasteiger charge is -2.06. The molecule has 1 saturated heterocycles. The van der Waals surface area contributed by atoms with Gasteiger partial charge in [0, 0.05) is 12.6 Å². The van der Waals surface area contributed by atoms with Gasteiger partial charge in [-0.25, -0.2) is 0 Å². The highest BCUT2D eigenvalue weighted by Crippen LogP contribution is 2.09. The van der Waals surface area contributed by atoms with Crippen LogP contribution >= 0.6 is 0 Å². The van der Waals surface area contributed by atoms with Crippen LogP contribution in [0.1, 0.15) is 67.7 Å². The van der Waals surface area contributed by atoms with Crippen LogP contribution in [0.15, 0.2) is 12.7 Å². The Bertz CT molecular complexity index is 130. The molecule has 1 heterocycles. The Morgan fingerprint density at radius 3 is 1.95 bits per heavy atom. The van der Waals surface area contributed by atoms with Crippen molar-refractivity contribution in [1.82, 2.24) is 5.32 Å². The van der Waals surface area contributed by atoms with Crippen molar-refractivity contribution in [3.05, 3.63) is 12.7 Å². The van der Waals surface area contributed by atoms with E-state index in [1.54, 1.807) is 6.08 Å². The van der Waals surface area contributed by atoms with Gasteiger partial charge in [0.25, 0.3) is 6.47 Å². The third-order valence-corrected chi connectivity index (χ3v) is 1.87. The summed E-state index contributed by atoms with van der Waals surface area (Å²) in [6, 6.07) is 0.706. The van der Waals surface area contributed by atoms with Crippen molar-refractivity contribution in [3.63, 3.8) is 0 Å². The van der Waals surface area contributed by atoms with Crippen LogP contribution in [0.25, 0.3) is 0 Å². The zero-order chi connectivity index (χ0) is 15.9. The molecule has 1 aliphatic rings. The number of carbonyl (C=O) groups is 1. The summed E-state index contributed by atoms with van der Waals surface area (Å²) in [5, 5.41) is 18.8. The molecule has 0 aromatic carbocycles. The first-order valence-electron chi connectivity index (χ1n) is 7.25. The molecular formula is C16H39NO3. The molecule has 1 aliphatic heterocycles. The van der Waals surface area contributed by atoms with Crippen molar-refractivity contribution in [1.29, 1.82) is 0 Å². The van der Waals surface area contributed by atoms with E-state index in [1.165, 1.54) is 19.4 Å². The molecule has 4 heteroatoms. The lowest BCUT2D eigenvalue weighted by Crippen LogP contribution is -2.21. The summed E-state index contributed by atoms with van der Waals surface area (Å²) in [6.07, 6.45) is 6.48. The molecule has 1 fully saturated rings. The zero-order valence-corrected chi connectivity index (χ0v) is 13.5. The Morgan fingerprint density at radius 2 is 1.70 bits per heavy atom. The SMILES string of the molecule is C.C=CC.CC.CC.O=CO.OCCCC1CCCN1. The third kappa shape index (κ3) is 43.4. The van der Waals surface area contributed by atoms with Crippen LogP contribution in [0.3, 0.4) is 0 Å². The summed E-state index contributed by atoms with van der Waals surface area (Å²) in [6.45, 7) is 14.5. The third-order valence-electron chi connectivity index (χ3n) is 1.87. The number of aliphatic hydroxyl groups excluding tert-OH is 1. The van der Waals surface area contributed by atoms with E-state index in [0.717, 1.165) is 12.8 Å². The normalized spacial score (nSPS) is 14.0. The largest absolute Gasteiger partial charge is 0.483 e. The molecule has 126 valence electrons. The van der Waals surface area contributed by atoms with E-state index in [9.17, 15) is 0 Å². The Hall–Kier alpha value is -0.870. The summed E-state index contributed by atoms with van der Waals surface area (Å²) < 4.78 is 0. The van der Waals surface area contributed by atoms with Gasteiger partial charge in [0.2, 0.25) is 0 Å². The van der Waals surface area contributed by atoms with E-state index in [-0.39, 0.29) is 13.9 Å². The summed E-state index contributed by atoms with van der Waals surface area (Å²) >= 11 is 0. The molecule has 1 unspecified atom stereocenters. The molecular weight excluding hydrogens is 254 g/mol. The number of nitrogens with one attached hydrogen (secondary N) is 1. The molecule has 0 spiro atoms. The number of aliphatic hydroxyl groups is 1. The number of rotatable bonds is 3. The molecule has 1 atom stereocenters. The van der Waals surface area contributed by atoms with E-state index >= 15 is 0 Å². The maximum atomic E-state index is 8.50. The molecule has 0 amide bonds. The molecule has 0 aromatic rings. The summed E-state index contributed by atoms with van der Waals surface area (Å²) in [5.74, 6) is 0. The Kier molecular flexibility index (Phi) is 67.6. The zero-order valence-electron chi connectivity index (χ0n) is 13.5. The molecule has 3 N–H and O–H groups in total. The molecule has 0 saturated carbocycles. The molecule has 0 radical (unpaired) electrons. The van der Waals surface area contributed by atoms with Crippen LogP contribution in [0, 0.1) is 0 Å². The minimum absolute atomic E-state index is 0. The minimum Gasteiger partial charge on any atom is -0.483 e. The van der Waals surface area contributed by atoms with E-state index in [2.05, 4.69) is 11.9 Å². The number of hydrogen-bond acceptors (Lipinski definition) is 3. The topological polar surface area (TPSA) is 69.6 Å². The molecule has 1 rings (SSSR count). The summed E-state index contributed by atoms with van der Waals surface area (Å²) in [7, 11) is 0. The van der Waals surface area contributed by atoms with Gasteiger partial charge < -0.3 is 15.5 Å². The van der Waals surface area contributed by atoms with E-state index in [4.69, 9.17) is 15.0 Å². The van der Waals surface area contributed by atoms with Gasteiger partial charge in [0.1, 0.15) is 0 Å². The van der Waals surface area contributed by atoms with E-state index in [0.29, 0.717) is 12.6 Å². The van der Waals surface area contributed by atoms with Crippen LogP contribution in [0.4, 0.5) is 0 Å². The van der Waals surface area contributed by atoms with Crippen molar-refractivity contribution < 1.29 is 15.0 Å². The van der Waals surface area contributed by atoms with Crippen molar-refractivity contribution in [3.8, 4) is 0 Å². The molecule has 4 nitrogen and oxygen atoms in total. The van der Waals surface area contributed by atoms with Gasteiger partial charge in [-0.05, 0) is 39.2 Å². The van der Waals surface area contributed by atoms with Gasteiger partial charge in [-0.1, -0.05) is 41.2 Å². The average molecular weight is 293 g/mol. The highest BCUT2D eigenvalue weighted by Gasteiger charge is 2.11. The smallest absolute Gasteiger partial charge is 0.290 e. The Balaban J connectivity index is -0.0000000582. The first-order valence-corrected chi connectivity index (χ1v) is 7.25. The van der Waals surface area contributed by atoms with Gasteiger partial charge in [0.05, 0.1) is 0 Å². The van der Waals surface area contributed by atoms with Crippen molar-refractivity contribution in [2.45, 2.75) is 73.8 Å². The average Bonchev–Trinajstić information content (AvgIpc) is 2.96. The van der Waals surface area contributed by atoms with Crippen molar-refractivity contribution >= 4 is 6.47 Å². The van der Waals surface area contributed by atoms with E-state index < -0.39 is 0 Å². The molecule has 0 bridgehead atoms. The minimum atomic E-state index is -0.250. The van der Waals surface area contributed by atoms with Crippen molar-refractivity contribution in [2.75, 3.05) is 13.2 Å². The van der Waals surface area contributed by atoms with Gasteiger partial charge in [0.15, 0.2) is 0 Å². The second-order valence-corrected chi connectivity index (χ2v) is 3.17. The van der Waals surface area contributed by atoms with Crippen LogP contribution in [-0.2, 0) is 4.79 Å². The fourth-order valence-corrected chi connectivity index (χ4v) is 1.34. The highest BCUT2D eigenvalue weighted by atomic mass is 16.3. The fourth-order valence-electron chi connectivity index (χ4n) is 1.34. The monoisotopic (exact) mass is 293 g/mol. The van der Waals surface area contributed by atoms with Gasteiger partial charge >= 0.3 is 0 Å². The van der Waals surface area contributed by atoms with Crippen LogP contribution < -0.4 is 5.32 Å². The summed E-state index contributed by atoms with van der Waals surface area (Å²) in [4.78, 5) is 8.36. The second-order valence-electron chi connectivity index (χ2n) is 3.17. The Morgan fingerprint density at radius 1 is 1.30 bits per heavy atom. The van der Waals surface area contributed by atoms with E-state index in [1.807, 2.05) is 34.6 Å².